The minimum absolute atomic E-state index is 0.814. The number of hydrogen-bond acceptors (Lipinski definition) is 2. The van der Waals surface area contributed by atoms with Crippen LogP contribution in [-0.4, -0.2) is 26.4 Å². The zero-order valence-corrected chi connectivity index (χ0v) is 18.2. The summed E-state index contributed by atoms with van der Waals surface area (Å²) in [6, 6.07) is 0. The van der Waals surface area contributed by atoms with Crippen LogP contribution >= 0.6 is 0 Å². The summed E-state index contributed by atoms with van der Waals surface area (Å²) in [6.45, 7) is 22.7. The first kappa shape index (κ1) is 30.8. The molecular formula is C21H50O2. The van der Waals surface area contributed by atoms with Crippen molar-refractivity contribution in [3.8, 4) is 0 Å². The molecule has 1 unspecified atom stereocenters. The molecule has 1 aliphatic rings. The molecule has 0 aromatic heterocycles. The van der Waals surface area contributed by atoms with Crippen molar-refractivity contribution in [1.82, 2.24) is 0 Å². The van der Waals surface area contributed by atoms with E-state index >= 15 is 0 Å². The topological polar surface area (TPSA) is 18.5 Å². The van der Waals surface area contributed by atoms with Gasteiger partial charge in [0.2, 0.25) is 0 Å². The summed E-state index contributed by atoms with van der Waals surface area (Å²) in [5, 5.41) is 0. The first-order valence-corrected chi connectivity index (χ1v) is 10.4. The van der Waals surface area contributed by atoms with Gasteiger partial charge in [0, 0.05) is 26.4 Å². The molecule has 2 heteroatoms. The lowest BCUT2D eigenvalue weighted by Crippen LogP contribution is -2.13. The smallest absolute Gasteiger partial charge is 0.0491 e. The summed E-state index contributed by atoms with van der Waals surface area (Å²) >= 11 is 0. The van der Waals surface area contributed by atoms with Gasteiger partial charge in [0.25, 0.3) is 0 Å². The van der Waals surface area contributed by atoms with Crippen molar-refractivity contribution in [3.63, 3.8) is 0 Å². The number of unbranched alkanes of at least 4 members (excludes halogenated alkanes) is 2. The number of hydrogen-bond donors (Lipinski definition) is 0. The Bertz CT molecular complexity index is 126. The van der Waals surface area contributed by atoms with Crippen LogP contribution in [-0.2, 0) is 9.47 Å². The van der Waals surface area contributed by atoms with Crippen LogP contribution in [0.2, 0.25) is 0 Å². The van der Waals surface area contributed by atoms with E-state index in [1.165, 1.54) is 32.1 Å². The monoisotopic (exact) mass is 334 g/mol. The van der Waals surface area contributed by atoms with E-state index in [0.717, 1.165) is 45.2 Å². The Labute approximate surface area is 149 Å². The van der Waals surface area contributed by atoms with Gasteiger partial charge in [0.1, 0.15) is 0 Å². The third-order valence-electron chi connectivity index (χ3n) is 2.79. The van der Waals surface area contributed by atoms with Gasteiger partial charge in [0.05, 0.1) is 0 Å². The maximum Gasteiger partial charge on any atom is 0.0491 e. The number of ether oxygens (including phenoxy) is 2. The summed E-state index contributed by atoms with van der Waals surface area (Å²) < 4.78 is 10.3. The highest BCUT2D eigenvalue weighted by Crippen LogP contribution is 2.10. The van der Waals surface area contributed by atoms with E-state index in [1.807, 2.05) is 27.7 Å². The normalized spacial score (nSPS) is 15.3. The molecule has 146 valence electrons. The highest BCUT2D eigenvalue weighted by atomic mass is 16.5. The van der Waals surface area contributed by atoms with Gasteiger partial charge in [-0.1, -0.05) is 81.6 Å². The molecule has 0 saturated carbocycles. The average Bonchev–Trinajstić information content (AvgIpc) is 2.61. The van der Waals surface area contributed by atoms with Gasteiger partial charge in [-0.15, -0.1) is 0 Å². The fourth-order valence-corrected chi connectivity index (χ4v) is 1.65. The van der Waals surface area contributed by atoms with Crippen LogP contribution in [0.3, 0.4) is 0 Å². The molecule has 2 nitrogen and oxygen atoms in total. The standard InChI is InChI=1S/C6H12O.C6H14O.C5H12.2C2H6/c1-6-3-2-4-7-5-6;1-3-5-7-6-4-2;1-3-5-4-2;2*1-2/h6H,2-5H2,1H3;3-6H2,1-2H3;3-5H2,1-2H3;2*1-2H3. The molecule has 0 bridgehead atoms. The van der Waals surface area contributed by atoms with Crippen LogP contribution in [0.4, 0.5) is 0 Å². The molecule has 0 amide bonds. The molecular weight excluding hydrogens is 284 g/mol. The van der Waals surface area contributed by atoms with Crippen molar-refractivity contribution in [3.05, 3.63) is 0 Å². The fourth-order valence-electron chi connectivity index (χ4n) is 1.65. The van der Waals surface area contributed by atoms with Crippen LogP contribution in [0.5, 0.6) is 0 Å². The molecule has 1 fully saturated rings. The molecule has 1 heterocycles. The van der Waals surface area contributed by atoms with Crippen LogP contribution in [0, 0.1) is 5.92 Å². The summed E-state index contributed by atoms with van der Waals surface area (Å²) in [6.07, 6.45) is 8.98. The van der Waals surface area contributed by atoms with Crippen molar-refractivity contribution < 1.29 is 9.47 Å². The summed E-state index contributed by atoms with van der Waals surface area (Å²) in [5.41, 5.74) is 0. The zero-order chi connectivity index (χ0) is 18.8. The van der Waals surface area contributed by atoms with Crippen LogP contribution in [0.15, 0.2) is 0 Å². The Balaban J connectivity index is -0.000000107. The van der Waals surface area contributed by atoms with E-state index in [-0.39, 0.29) is 0 Å². The maximum absolute atomic E-state index is 5.18. The van der Waals surface area contributed by atoms with E-state index in [0.29, 0.717) is 0 Å². The van der Waals surface area contributed by atoms with Crippen LogP contribution in [0.25, 0.3) is 0 Å². The van der Waals surface area contributed by atoms with Gasteiger partial charge in [-0.25, -0.2) is 0 Å². The van der Waals surface area contributed by atoms with Crippen molar-refractivity contribution in [2.24, 2.45) is 5.92 Å². The van der Waals surface area contributed by atoms with Crippen LogP contribution in [0.1, 0.15) is 107 Å². The summed E-state index contributed by atoms with van der Waals surface area (Å²) in [4.78, 5) is 0. The lowest BCUT2D eigenvalue weighted by molar-refractivity contribution is 0.0616. The highest BCUT2D eigenvalue weighted by Gasteiger charge is 2.06. The van der Waals surface area contributed by atoms with Crippen molar-refractivity contribution >= 4 is 0 Å². The third-order valence-corrected chi connectivity index (χ3v) is 2.79. The second-order valence-corrected chi connectivity index (χ2v) is 5.29. The second-order valence-electron chi connectivity index (χ2n) is 5.29. The molecule has 1 atom stereocenters. The quantitative estimate of drug-likeness (QED) is 0.468. The summed E-state index contributed by atoms with van der Waals surface area (Å²) in [5.74, 6) is 0.814. The molecule has 0 aromatic carbocycles. The number of rotatable bonds is 6. The molecule has 1 rings (SSSR count). The van der Waals surface area contributed by atoms with E-state index in [4.69, 9.17) is 9.47 Å². The first-order valence-electron chi connectivity index (χ1n) is 10.4. The van der Waals surface area contributed by atoms with Gasteiger partial charge in [-0.2, -0.15) is 0 Å². The molecule has 0 radical (unpaired) electrons. The zero-order valence-electron chi connectivity index (χ0n) is 18.2. The minimum atomic E-state index is 0.814. The van der Waals surface area contributed by atoms with E-state index in [9.17, 15) is 0 Å². The van der Waals surface area contributed by atoms with Gasteiger partial charge in [-0.3, -0.25) is 0 Å². The highest BCUT2D eigenvalue weighted by molar-refractivity contribution is 4.55. The SMILES string of the molecule is CC.CC.CC1CCCOC1.CCCCC.CCCOCCC. The Morgan fingerprint density at radius 1 is 0.826 bits per heavy atom. The van der Waals surface area contributed by atoms with Gasteiger partial charge < -0.3 is 9.47 Å². The van der Waals surface area contributed by atoms with Crippen LogP contribution < -0.4 is 0 Å². The van der Waals surface area contributed by atoms with Crippen molar-refractivity contribution in [2.45, 2.75) is 107 Å². The minimum Gasteiger partial charge on any atom is -0.381 e. The largest absolute Gasteiger partial charge is 0.381 e. The third kappa shape index (κ3) is 44.9. The predicted octanol–water partition coefficient (Wildman–Crippen LogP) is 7.50. The Hall–Kier alpha value is -0.0800. The first-order chi connectivity index (χ1) is 11.2. The molecule has 0 spiro atoms. The molecule has 1 saturated heterocycles. The van der Waals surface area contributed by atoms with Gasteiger partial charge in [-0.05, 0) is 31.6 Å². The summed E-state index contributed by atoms with van der Waals surface area (Å²) in [7, 11) is 0. The van der Waals surface area contributed by atoms with Gasteiger partial charge >= 0.3 is 0 Å². The lowest BCUT2D eigenvalue weighted by atomic mass is 10.1. The lowest BCUT2D eigenvalue weighted by Gasteiger charge is -2.16. The average molecular weight is 335 g/mol. The van der Waals surface area contributed by atoms with E-state index in [1.54, 1.807) is 0 Å². The Morgan fingerprint density at radius 2 is 1.30 bits per heavy atom. The van der Waals surface area contributed by atoms with Crippen molar-refractivity contribution in [1.29, 1.82) is 0 Å². The van der Waals surface area contributed by atoms with E-state index < -0.39 is 0 Å². The molecule has 0 aliphatic carbocycles. The van der Waals surface area contributed by atoms with Crippen molar-refractivity contribution in [2.75, 3.05) is 26.4 Å². The van der Waals surface area contributed by atoms with E-state index in [2.05, 4.69) is 34.6 Å². The van der Waals surface area contributed by atoms with Gasteiger partial charge in [0.15, 0.2) is 0 Å². The molecule has 0 N–H and O–H groups in total. The molecule has 0 aromatic rings. The molecule has 23 heavy (non-hydrogen) atoms. The molecule has 1 aliphatic heterocycles. The predicted molar refractivity (Wildman–Crippen MR) is 109 cm³/mol. The second kappa shape index (κ2) is 37.9. The maximum atomic E-state index is 5.18. The fraction of sp³-hybridized carbons (Fsp3) is 1.00. The Morgan fingerprint density at radius 3 is 1.48 bits per heavy atom. The Kier molecular flexibility index (Phi) is 50.6.